The van der Waals surface area contributed by atoms with Crippen molar-refractivity contribution in [1.29, 1.82) is 0 Å². The standard InChI is InChI=1S/C23H27N3O3/c1-4-26(5-2)19-10-8-18(9-11-19)24-22(27)13-7-17-14-16-6-12-20(29-3)15-21(16)25-23(17)28/h6,8-12,14-15H,4-5,7,13H2,1-3H3,(H,24,27)(H,25,28). The van der Waals surface area contributed by atoms with E-state index in [-0.39, 0.29) is 17.9 Å². The number of aromatic amines is 1. The van der Waals surface area contributed by atoms with Crippen molar-refractivity contribution in [2.24, 2.45) is 0 Å². The Hall–Kier alpha value is -3.28. The van der Waals surface area contributed by atoms with Gasteiger partial charge in [-0.15, -0.1) is 0 Å². The Morgan fingerprint density at radius 2 is 1.79 bits per heavy atom. The largest absolute Gasteiger partial charge is 0.497 e. The molecule has 0 aliphatic rings. The predicted molar refractivity (Wildman–Crippen MR) is 118 cm³/mol. The lowest BCUT2D eigenvalue weighted by atomic mass is 10.1. The van der Waals surface area contributed by atoms with Crippen LogP contribution < -0.4 is 20.5 Å². The van der Waals surface area contributed by atoms with Gasteiger partial charge in [-0.1, -0.05) is 0 Å². The van der Waals surface area contributed by atoms with Crippen molar-refractivity contribution in [2.45, 2.75) is 26.7 Å². The fourth-order valence-electron chi connectivity index (χ4n) is 3.35. The molecule has 0 spiro atoms. The molecule has 2 aromatic carbocycles. The monoisotopic (exact) mass is 393 g/mol. The van der Waals surface area contributed by atoms with Crippen molar-refractivity contribution in [3.05, 3.63) is 64.4 Å². The van der Waals surface area contributed by atoms with E-state index in [2.05, 4.69) is 29.0 Å². The zero-order chi connectivity index (χ0) is 20.8. The number of carbonyl (C=O) groups excluding carboxylic acids is 1. The topological polar surface area (TPSA) is 74.4 Å². The maximum Gasteiger partial charge on any atom is 0.251 e. The first-order valence-corrected chi connectivity index (χ1v) is 9.88. The van der Waals surface area contributed by atoms with Gasteiger partial charge in [-0.25, -0.2) is 0 Å². The number of methoxy groups -OCH3 is 1. The second-order valence-corrected chi connectivity index (χ2v) is 6.84. The Morgan fingerprint density at radius 1 is 1.07 bits per heavy atom. The first-order chi connectivity index (χ1) is 14.0. The smallest absolute Gasteiger partial charge is 0.251 e. The van der Waals surface area contributed by atoms with Crippen molar-refractivity contribution in [1.82, 2.24) is 4.98 Å². The molecule has 0 radical (unpaired) electrons. The first-order valence-electron chi connectivity index (χ1n) is 9.88. The number of nitrogens with one attached hydrogen (secondary N) is 2. The molecule has 0 aliphatic heterocycles. The number of benzene rings is 2. The lowest BCUT2D eigenvalue weighted by molar-refractivity contribution is -0.116. The molecule has 0 bridgehead atoms. The van der Waals surface area contributed by atoms with Crippen LogP contribution >= 0.6 is 0 Å². The van der Waals surface area contributed by atoms with Crippen LogP contribution in [0.2, 0.25) is 0 Å². The third kappa shape index (κ3) is 4.96. The number of pyridine rings is 1. The second-order valence-electron chi connectivity index (χ2n) is 6.84. The summed E-state index contributed by atoms with van der Waals surface area (Å²) in [6.45, 7) is 6.11. The van der Waals surface area contributed by atoms with Gasteiger partial charge in [0.2, 0.25) is 5.91 Å². The summed E-state index contributed by atoms with van der Waals surface area (Å²) in [5, 5.41) is 3.81. The summed E-state index contributed by atoms with van der Waals surface area (Å²) >= 11 is 0. The summed E-state index contributed by atoms with van der Waals surface area (Å²) in [5.41, 5.74) is 3.02. The van der Waals surface area contributed by atoms with Gasteiger partial charge >= 0.3 is 0 Å². The lowest BCUT2D eigenvalue weighted by Crippen LogP contribution is -2.21. The number of nitrogens with zero attached hydrogens (tertiary/aromatic N) is 1. The molecule has 29 heavy (non-hydrogen) atoms. The van der Waals surface area contributed by atoms with E-state index in [4.69, 9.17) is 4.74 Å². The number of ether oxygens (including phenoxy) is 1. The predicted octanol–water partition coefficient (Wildman–Crippen LogP) is 3.95. The van der Waals surface area contributed by atoms with E-state index in [1.54, 1.807) is 13.2 Å². The molecule has 1 heterocycles. The first kappa shape index (κ1) is 20.5. The zero-order valence-corrected chi connectivity index (χ0v) is 17.1. The van der Waals surface area contributed by atoms with Crippen LogP contribution in [-0.2, 0) is 11.2 Å². The minimum absolute atomic E-state index is 0.116. The quantitative estimate of drug-likeness (QED) is 0.608. The second kappa shape index (κ2) is 9.28. The molecule has 0 fully saturated rings. The van der Waals surface area contributed by atoms with E-state index in [1.807, 2.05) is 42.5 Å². The Labute approximate surface area is 170 Å². The average molecular weight is 393 g/mol. The Morgan fingerprint density at radius 3 is 2.45 bits per heavy atom. The summed E-state index contributed by atoms with van der Waals surface area (Å²) in [7, 11) is 1.59. The van der Waals surface area contributed by atoms with E-state index >= 15 is 0 Å². The Kier molecular flexibility index (Phi) is 6.54. The van der Waals surface area contributed by atoms with E-state index in [9.17, 15) is 9.59 Å². The van der Waals surface area contributed by atoms with Crippen molar-refractivity contribution in [2.75, 3.05) is 30.4 Å². The minimum Gasteiger partial charge on any atom is -0.497 e. The van der Waals surface area contributed by atoms with Gasteiger partial charge in [0.05, 0.1) is 12.6 Å². The molecule has 0 saturated carbocycles. The van der Waals surface area contributed by atoms with Gasteiger partial charge in [0.1, 0.15) is 5.75 Å². The van der Waals surface area contributed by atoms with Crippen LogP contribution in [-0.4, -0.2) is 31.1 Å². The number of hydrogen-bond acceptors (Lipinski definition) is 4. The van der Waals surface area contributed by atoms with Gasteiger partial charge in [-0.2, -0.15) is 0 Å². The van der Waals surface area contributed by atoms with Crippen molar-refractivity contribution < 1.29 is 9.53 Å². The number of H-pyrrole nitrogens is 1. The summed E-state index contributed by atoms with van der Waals surface area (Å²) in [4.78, 5) is 29.8. The molecule has 2 N–H and O–H groups in total. The minimum atomic E-state index is -0.179. The molecule has 6 nitrogen and oxygen atoms in total. The van der Waals surface area contributed by atoms with Crippen molar-refractivity contribution >= 4 is 28.2 Å². The highest BCUT2D eigenvalue weighted by Crippen LogP contribution is 2.20. The van der Waals surface area contributed by atoms with Crippen LogP contribution in [0.5, 0.6) is 5.75 Å². The molecule has 0 unspecified atom stereocenters. The molecule has 3 aromatic rings. The number of aryl methyl sites for hydroxylation is 1. The number of amides is 1. The van der Waals surface area contributed by atoms with Gasteiger partial charge in [0.15, 0.2) is 0 Å². The highest BCUT2D eigenvalue weighted by Gasteiger charge is 2.09. The van der Waals surface area contributed by atoms with Gasteiger partial charge < -0.3 is 19.9 Å². The maximum absolute atomic E-state index is 12.3. The molecule has 0 saturated heterocycles. The number of carbonyl (C=O) groups is 1. The number of anilines is 2. The van der Waals surface area contributed by atoms with Crippen molar-refractivity contribution in [3.8, 4) is 5.75 Å². The summed E-state index contributed by atoms with van der Waals surface area (Å²) in [6, 6.07) is 15.2. The van der Waals surface area contributed by atoms with Gasteiger partial charge in [-0.05, 0) is 68.1 Å². The normalized spacial score (nSPS) is 10.7. The molecule has 152 valence electrons. The fourth-order valence-corrected chi connectivity index (χ4v) is 3.35. The van der Waals surface area contributed by atoms with Crippen LogP contribution in [0, 0.1) is 0 Å². The molecule has 6 heteroatoms. The highest BCUT2D eigenvalue weighted by atomic mass is 16.5. The molecule has 1 amide bonds. The molecular formula is C23H27N3O3. The summed E-state index contributed by atoms with van der Waals surface area (Å²) in [5.74, 6) is 0.571. The average Bonchev–Trinajstić information content (AvgIpc) is 2.74. The number of fused-ring (bicyclic) bond motifs is 1. The third-order valence-electron chi connectivity index (χ3n) is 5.03. The molecule has 1 aromatic heterocycles. The highest BCUT2D eigenvalue weighted by molar-refractivity contribution is 5.91. The van der Waals surface area contributed by atoms with Crippen LogP contribution in [0.3, 0.4) is 0 Å². The van der Waals surface area contributed by atoms with E-state index in [1.165, 1.54) is 0 Å². The van der Waals surface area contributed by atoms with E-state index in [0.29, 0.717) is 17.7 Å². The van der Waals surface area contributed by atoms with Crippen molar-refractivity contribution in [3.63, 3.8) is 0 Å². The fraction of sp³-hybridized carbons (Fsp3) is 0.304. The molecule has 0 atom stereocenters. The Bertz CT molecular complexity index is 1040. The van der Waals surface area contributed by atoms with Crippen LogP contribution in [0.4, 0.5) is 11.4 Å². The summed E-state index contributed by atoms with van der Waals surface area (Å²) in [6.07, 6.45) is 0.614. The zero-order valence-electron chi connectivity index (χ0n) is 17.1. The number of hydrogen-bond donors (Lipinski definition) is 2. The van der Waals surface area contributed by atoms with Gasteiger partial charge in [0.25, 0.3) is 5.56 Å². The molecular weight excluding hydrogens is 366 g/mol. The van der Waals surface area contributed by atoms with Crippen LogP contribution in [0.1, 0.15) is 25.8 Å². The third-order valence-corrected chi connectivity index (χ3v) is 5.03. The molecule has 0 aliphatic carbocycles. The lowest BCUT2D eigenvalue weighted by Gasteiger charge is -2.21. The van der Waals surface area contributed by atoms with E-state index in [0.717, 1.165) is 35.4 Å². The van der Waals surface area contributed by atoms with E-state index < -0.39 is 0 Å². The van der Waals surface area contributed by atoms with Crippen LogP contribution in [0.25, 0.3) is 10.9 Å². The summed E-state index contributed by atoms with van der Waals surface area (Å²) < 4.78 is 5.18. The van der Waals surface area contributed by atoms with Gasteiger partial charge in [0, 0.05) is 42.5 Å². The Balaban J connectivity index is 1.63. The maximum atomic E-state index is 12.3. The number of aromatic nitrogens is 1. The number of rotatable bonds is 8. The molecule has 3 rings (SSSR count). The van der Waals surface area contributed by atoms with Crippen LogP contribution in [0.15, 0.2) is 53.3 Å². The SMILES string of the molecule is CCN(CC)c1ccc(NC(=O)CCc2cc3ccc(OC)cc3[nH]c2=O)cc1. The van der Waals surface area contributed by atoms with Gasteiger partial charge in [-0.3, -0.25) is 9.59 Å².